The van der Waals surface area contributed by atoms with E-state index >= 15 is 0 Å². The molecule has 0 aliphatic heterocycles. The first-order valence-electron chi connectivity index (χ1n) is 6.73. The fraction of sp³-hybridized carbons (Fsp3) is 0.0625. The second-order valence-corrected chi connectivity index (χ2v) is 5.52. The molecule has 0 spiro atoms. The van der Waals surface area contributed by atoms with Gasteiger partial charge in [0.05, 0.1) is 16.1 Å². The average Bonchev–Trinajstić information content (AvgIpc) is 3.04. The van der Waals surface area contributed by atoms with Crippen molar-refractivity contribution in [3.8, 4) is 10.6 Å². The Hall–Kier alpha value is -2.73. The molecule has 0 saturated carbocycles. The van der Waals surface area contributed by atoms with E-state index in [1.165, 1.54) is 11.3 Å². The van der Waals surface area contributed by atoms with E-state index in [-0.39, 0.29) is 5.91 Å². The van der Waals surface area contributed by atoms with Gasteiger partial charge in [0.15, 0.2) is 5.13 Å². The molecule has 1 aromatic carbocycles. The van der Waals surface area contributed by atoms with Gasteiger partial charge in [-0.15, -0.1) is 0 Å². The molecule has 0 radical (unpaired) electrons. The molecule has 1 amide bonds. The molecule has 2 aromatic heterocycles. The molecule has 5 nitrogen and oxygen atoms in total. The summed E-state index contributed by atoms with van der Waals surface area (Å²) < 4.78 is 0. The Labute approximate surface area is 132 Å². The van der Waals surface area contributed by atoms with Crippen molar-refractivity contribution < 1.29 is 4.79 Å². The van der Waals surface area contributed by atoms with E-state index in [9.17, 15) is 4.79 Å². The molecule has 3 aromatic rings. The third-order valence-corrected chi connectivity index (χ3v) is 4.02. The van der Waals surface area contributed by atoms with Gasteiger partial charge in [-0.3, -0.25) is 15.1 Å². The van der Waals surface area contributed by atoms with Crippen molar-refractivity contribution in [3.63, 3.8) is 0 Å². The Balaban J connectivity index is 1.79. The third kappa shape index (κ3) is 2.96. The highest BCUT2D eigenvalue weighted by Gasteiger charge is 2.13. The smallest absolute Gasteiger partial charge is 0.259 e. The van der Waals surface area contributed by atoms with Gasteiger partial charge in [-0.1, -0.05) is 29.5 Å². The number of thiazole rings is 1. The number of nitrogens with zero attached hydrogens (tertiary/aromatic N) is 2. The number of para-hydroxylation sites is 1. The van der Waals surface area contributed by atoms with Gasteiger partial charge in [-0.05, 0) is 24.3 Å². The van der Waals surface area contributed by atoms with E-state index in [4.69, 9.17) is 0 Å². The van der Waals surface area contributed by atoms with Crippen LogP contribution in [0.4, 0.5) is 10.8 Å². The van der Waals surface area contributed by atoms with Crippen LogP contribution in [0.1, 0.15) is 10.4 Å². The van der Waals surface area contributed by atoms with Gasteiger partial charge in [0.2, 0.25) is 0 Å². The molecule has 0 aliphatic rings. The Morgan fingerprint density at radius 3 is 2.68 bits per heavy atom. The summed E-state index contributed by atoms with van der Waals surface area (Å²) in [6.07, 6.45) is 3.45. The van der Waals surface area contributed by atoms with Crippen molar-refractivity contribution in [3.05, 3.63) is 60.4 Å². The zero-order chi connectivity index (χ0) is 15.4. The van der Waals surface area contributed by atoms with Crippen molar-refractivity contribution in [2.75, 3.05) is 17.7 Å². The lowest BCUT2D eigenvalue weighted by Crippen LogP contribution is -2.13. The molecule has 22 heavy (non-hydrogen) atoms. The van der Waals surface area contributed by atoms with Gasteiger partial charge >= 0.3 is 0 Å². The van der Waals surface area contributed by atoms with Gasteiger partial charge < -0.3 is 5.32 Å². The van der Waals surface area contributed by atoms with Crippen LogP contribution in [0.5, 0.6) is 0 Å². The highest BCUT2D eigenvalue weighted by molar-refractivity contribution is 7.19. The molecule has 0 bridgehead atoms. The number of nitrogens with one attached hydrogen (secondary N) is 2. The van der Waals surface area contributed by atoms with Gasteiger partial charge in [-0.2, -0.15) is 0 Å². The molecule has 0 atom stereocenters. The first kappa shape index (κ1) is 14.2. The minimum Gasteiger partial charge on any atom is -0.387 e. The van der Waals surface area contributed by atoms with E-state index in [0.29, 0.717) is 10.7 Å². The largest absolute Gasteiger partial charge is 0.387 e. The molecule has 3 rings (SSSR count). The Bertz CT molecular complexity index is 786. The second-order valence-electron chi connectivity index (χ2n) is 4.49. The van der Waals surface area contributed by atoms with Gasteiger partial charge in [0.25, 0.3) is 5.91 Å². The highest BCUT2D eigenvalue weighted by Crippen LogP contribution is 2.27. The molecule has 6 heteroatoms. The monoisotopic (exact) mass is 310 g/mol. The van der Waals surface area contributed by atoms with E-state index < -0.39 is 0 Å². The molecule has 2 N–H and O–H groups in total. The molecule has 2 heterocycles. The van der Waals surface area contributed by atoms with Gasteiger partial charge in [0, 0.05) is 25.1 Å². The summed E-state index contributed by atoms with van der Waals surface area (Å²) in [4.78, 5) is 21.8. The quantitative estimate of drug-likeness (QED) is 0.774. The van der Waals surface area contributed by atoms with E-state index in [1.54, 1.807) is 25.5 Å². The topological polar surface area (TPSA) is 66.9 Å². The SMILES string of the molecule is CNc1ccccc1C(=O)Nc1ncc(-c2ccccn2)s1. The average molecular weight is 310 g/mol. The maximum atomic E-state index is 12.3. The zero-order valence-corrected chi connectivity index (χ0v) is 12.7. The van der Waals surface area contributed by atoms with Crippen LogP contribution in [0.25, 0.3) is 10.6 Å². The summed E-state index contributed by atoms with van der Waals surface area (Å²) in [5.74, 6) is -0.188. The normalized spacial score (nSPS) is 10.2. The predicted octanol–water partition coefficient (Wildman–Crippen LogP) is 3.50. The molecule has 110 valence electrons. The number of carbonyl (C=O) groups is 1. The molecule has 0 aliphatic carbocycles. The van der Waals surface area contributed by atoms with Crippen LogP contribution >= 0.6 is 11.3 Å². The number of carbonyl (C=O) groups excluding carboxylic acids is 1. The van der Waals surface area contributed by atoms with Crippen LogP contribution in [0.3, 0.4) is 0 Å². The van der Waals surface area contributed by atoms with Crippen molar-refractivity contribution in [1.29, 1.82) is 0 Å². The first-order valence-corrected chi connectivity index (χ1v) is 7.55. The summed E-state index contributed by atoms with van der Waals surface area (Å²) >= 11 is 1.40. The summed E-state index contributed by atoms with van der Waals surface area (Å²) in [5.41, 5.74) is 2.21. The predicted molar refractivity (Wildman–Crippen MR) is 89.3 cm³/mol. The Morgan fingerprint density at radius 2 is 1.91 bits per heavy atom. The molecular formula is C16H14N4OS. The number of rotatable bonds is 4. The number of pyridine rings is 1. The maximum Gasteiger partial charge on any atom is 0.259 e. The summed E-state index contributed by atoms with van der Waals surface area (Å²) in [6, 6.07) is 13.0. The minimum absolute atomic E-state index is 0.188. The lowest BCUT2D eigenvalue weighted by atomic mass is 10.1. The lowest BCUT2D eigenvalue weighted by molar-refractivity contribution is 0.102. The van der Waals surface area contributed by atoms with Crippen LogP contribution in [-0.2, 0) is 0 Å². The fourth-order valence-corrected chi connectivity index (χ4v) is 2.81. The Kier molecular flexibility index (Phi) is 4.11. The number of hydrogen-bond acceptors (Lipinski definition) is 5. The highest BCUT2D eigenvalue weighted by atomic mass is 32.1. The van der Waals surface area contributed by atoms with Crippen molar-refractivity contribution >= 4 is 28.1 Å². The fourth-order valence-electron chi connectivity index (χ4n) is 2.02. The summed E-state index contributed by atoms with van der Waals surface area (Å²) in [7, 11) is 1.79. The van der Waals surface area contributed by atoms with E-state index in [2.05, 4.69) is 20.6 Å². The van der Waals surface area contributed by atoms with Crippen LogP contribution in [0.15, 0.2) is 54.9 Å². The van der Waals surface area contributed by atoms with E-state index in [1.807, 2.05) is 36.4 Å². The van der Waals surface area contributed by atoms with Crippen molar-refractivity contribution in [2.24, 2.45) is 0 Å². The molecular weight excluding hydrogens is 296 g/mol. The van der Waals surface area contributed by atoms with Crippen LogP contribution < -0.4 is 10.6 Å². The van der Waals surface area contributed by atoms with Crippen LogP contribution in [0.2, 0.25) is 0 Å². The Morgan fingerprint density at radius 1 is 1.09 bits per heavy atom. The minimum atomic E-state index is -0.188. The number of aromatic nitrogens is 2. The van der Waals surface area contributed by atoms with E-state index in [0.717, 1.165) is 16.3 Å². The zero-order valence-electron chi connectivity index (χ0n) is 11.9. The number of benzene rings is 1. The van der Waals surface area contributed by atoms with Crippen LogP contribution in [0, 0.1) is 0 Å². The molecule has 0 unspecified atom stereocenters. The van der Waals surface area contributed by atoms with Crippen molar-refractivity contribution in [2.45, 2.75) is 0 Å². The standard InChI is InChI=1S/C16H14N4OS/c1-17-12-7-3-2-6-11(12)15(21)20-16-19-10-14(22-16)13-8-4-5-9-18-13/h2-10,17H,1H3,(H,19,20,21). The number of amides is 1. The van der Waals surface area contributed by atoms with Crippen LogP contribution in [-0.4, -0.2) is 22.9 Å². The first-order chi connectivity index (χ1) is 10.8. The van der Waals surface area contributed by atoms with Gasteiger partial charge in [0.1, 0.15) is 0 Å². The summed E-state index contributed by atoms with van der Waals surface area (Å²) in [5, 5.41) is 6.38. The summed E-state index contributed by atoms with van der Waals surface area (Å²) in [6.45, 7) is 0. The third-order valence-electron chi connectivity index (χ3n) is 3.08. The van der Waals surface area contributed by atoms with Crippen molar-refractivity contribution in [1.82, 2.24) is 9.97 Å². The molecule has 0 fully saturated rings. The van der Waals surface area contributed by atoms with Gasteiger partial charge in [-0.25, -0.2) is 4.98 Å². The molecule has 0 saturated heterocycles. The number of anilines is 2. The maximum absolute atomic E-state index is 12.3. The lowest BCUT2D eigenvalue weighted by Gasteiger charge is -2.07. The number of hydrogen-bond donors (Lipinski definition) is 2. The second kappa shape index (κ2) is 6.36.